The third-order valence-electron chi connectivity index (χ3n) is 1.37. The number of nitrogens with one attached hydrogen (secondary N) is 1. The monoisotopic (exact) mass is 187 g/mol. The molecule has 0 amide bonds. The van der Waals surface area contributed by atoms with Crippen LogP contribution in [0.5, 0.6) is 0 Å². The van der Waals surface area contributed by atoms with Crippen molar-refractivity contribution in [3.05, 3.63) is 11.5 Å². The lowest BCUT2D eigenvalue weighted by Crippen LogP contribution is -2.27. The van der Waals surface area contributed by atoms with Crippen LogP contribution in [-0.4, -0.2) is 24.1 Å². The molecule has 3 N–H and O–H groups in total. The van der Waals surface area contributed by atoms with E-state index < -0.39 is 0 Å². The summed E-state index contributed by atoms with van der Waals surface area (Å²) in [5.41, 5.74) is 0.629. The van der Waals surface area contributed by atoms with Gasteiger partial charge in [-0.15, -0.1) is 0 Å². The van der Waals surface area contributed by atoms with E-state index in [4.69, 9.17) is 17.4 Å². The van der Waals surface area contributed by atoms with Gasteiger partial charge < -0.3 is 5.32 Å². The molecule has 66 valence electrons. The Morgan fingerprint density at radius 1 is 1.58 bits per heavy atom. The summed E-state index contributed by atoms with van der Waals surface area (Å²) in [4.78, 5) is 7.76. The molecular weight excluding hydrogens is 178 g/mol. The third kappa shape index (κ3) is 1.57. The van der Waals surface area contributed by atoms with Crippen LogP contribution in [0, 0.1) is 0 Å². The van der Waals surface area contributed by atoms with Crippen LogP contribution in [0.1, 0.15) is 0 Å². The second-order valence-corrected chi connectivity index (χ2v) is 2.58. The number of hydrogen-bond acceptors (Lipinski definition) is 5. The second-order valence-electron chi connectivity index (χ2n) is 2.22. The SMILES string of the molecule is CNc1c(Cl)ncnc1N(C)N. The number of hydrogen-bond donors (Lipinski definition) is 2. The summed E-state index contributed by atoms with van der Waals surface area (Å²) in [6.07, 6.45) is 1.36. The Morgan fingerprint density at radius 2 is 2.25 bits per heavy atom. The van der Waals surface area contributed by atoms with Gasteiger partial charge in [-0.2, -0.15) is 0 Å². The van der Waals surface area contributed by atoms with E-state index >= 15 is 0 Å². The maximum atomic E-state index is 5.78. The van der Waals surface area contributed by atoms with Crippen molar-refractivity contribution in [2.45, 2.75) is 0 Å². The normalized spacial score (nSPS) is 9.67. The van der Waals surface area contributed by atoms with Gasteiger partial charge in [0.05, 0.1) is 0 Å². The number of rotatable bonds is 2. The topological polar surface area (TPSA) is 67.1 Å². The molecule has 0 unspecified atom stereocenters. The average Bonchev–Trinajstić information content (AvgIpc) is 2.03. The van der Waals surface area contributed by atoms with E-state index in [2.05, 4.69) is 15.3 Å². The summed E-state index contributed by atoms with van der Waals surface area (Å²) >= 11 is 5.78. The van der Waals surface area contributed by atoms with Gasteiger partial charge in [0.25, 0.3) is 0 Å². The number of nitrogens with zero attached hydrogens (tertiary/aromatic N) is 3. The van der Waals surface area contributed by atoms with E-state index in [0.717, 1.165) is 0 Å². The fourth-order valence-electron chi connectivity index (χ4n) is 0.838. The molecule has 1 heterocycles. The molecule has 0 aliphatic heterocycles. The van der Waals surface area contributed by atoms with Gasteiger partial charge in [0.2, 0.25) is 0 Å². The molecule has 0 spiro atoms. The highest BCUT2D eigenvalue weighted by atomic mass is 35.5. The van der Waals surface area contributed by atoms with Gasteiger partial charge in [-0.1, -0.05) is 11.6 Å². The largest absolute Gasteiger partial charge is 0.383 e. The highest BCUT2D eigenvalue weighted by Crippen LogP contribution is 2.26. The third-order valence-corrected chi connectivity index (χ3v) is 1.65. The fourth-order valence-corrected chi connectivity index (χ4v) is 1.06. The summed E-state index contributed by atoms with van der Waals surface area (Å²) in [6.45, 7) is 0. The molecule has 12 heavy (non-hydrogen) atoms. The van der Waals surface area contributed by atoms with E-state index in [1.807, 2.05) is 0 Å². The summed E-state index contributed by atoms with van der Waals surface area (Å²) in [5.74, 6) is 6.07. The minimum Gasteiger partial charge on any atom is -0.383 e. The summed E-state index contributed by atoms with van der Waals surface area (Å²) in [5, 5.41) is 4.60. The number of aromatic nitrogens is 2. The molecule has 0 fully saturated rings. The van der Waals surface area contributed by atoms with E-state index in [1.54, 1.807) is 14.1 Å². The van der Waals surface area contributed by atoms with Crippen LogP contribution in [0.15, 0.2) is 6.33 Å². The second kappa shape index (κ2) is 3.55. The zero-order valence-electron chi connectivity index (χ0n) is 6.87. The Hall–Kier alpha value is -1.07. The molecule has 5 nitrogen and oxygen atoms in total. The molecule has 1 aromatic heterocycles. The Kier molecular flexibility index (Phi) is 2.67. The van der Waals surface area contributed by atoms with Crippen molar-refractivity contribution >= 4 is 23.1 Å². The van der Waals surface area contributed by atoms with Crippen molar-refractivity contribution in [2.75, 3.05) is 24.4 Å². The first-order chi connectivity index (χ1) is 5.66. The Bertz CT molecular complexity index is 275. The van der Waals surface area contributed by atoms with Crippen molar-refractivity contribution in [2.24, 2.45) is 5.84 Å². The summed E-state index contributed by atoms with van der Waals surface area (Å²) in [7, 11) is 3.41. The van der Waals surface area contributed by atoms with Crippen LogP contribution >= 0.6 is 11.6 Å². The quantitative estimate of drug-likeness (QED) is 0.401. The molecule has 6 heteroatoms. The smallest absolute Gasteiger partial charge is 0.170 e. The molecular formula is C6H10ClN5. The van der Waals surface area contributed by atoms with E-state index in [0.29, 0.717) is 16.7 Å². The average molecular weight is 188 g/mol. The molecule has 1 aromatic rings. The van der Waals surface area contributed by atoms with Crippen LogP contribution in [0.25, 0.3) is 0 Å². The van der Waals surface area contributed by atoms with Crippen LogP contribution in [-0.2, 0) is 0 Å². The van der Waals surface area contributed by atoms with Crippen LogP contribution in [0.3, 0.4) is 0 Å². The van der Waals surface area contributed by atoms with Gasteiger partial charge in [0.15, 0.2) is 11.0 Å². The number of hydrazine groups is 1. The molecule has 0 saturated heterocycles. The zero-order valence-corrected chi connectivity index (χ0v) is 7.63. The maximum absolute atomic E-state index is 5.78. The van der Waals surface area contributed by atoms with Crippen LogP contribution < -0.4 is 16.2 Å². The van der Waals surface area contributed by atoms with Gasteiger partial charge >= 0.3 is 0 Å². The first-order valence-electron chi connectivity index (χ1n) is 3.33. The minimum absolute atomic E-state index is 0.361. The molecule has 0 aliphatic carbocycles. The summed E-state index contributed by atoms with van der Waals surface area (Å²) in [6, 6.07) is 0. The van der Waals surface area contributed by atoms with E-state index in [9.17, 15) is 0 Å². The molecule has 0 atom stereocenters. The Labute approximate surface area is 75.5 Å². The van der Waals surface area contributed by atoms with Crippen molar-refractivity contribution in [3.63, 3.8) is 0 Å². The van der Waals surface area contributed by atoms with Crippen molar-refractivity contribution in [3.8, 4) is 0 Å². The predicted molar refractivity (Wildman–Crippen MR) is 49.2 cm³/mol. The van der Waals surface area contributed by atoms with Gasteiger partial charge in [0, 0.05) is 14.1 Å². The standard InChI is InChI=1S/C6H10ClN5/c1-9-4-5(7)10-3-11-6(4)12(2)8/h3,9H,8H2,1-2H3. The lowest BCUT2D eigenvalue weighted by atomic mass is 10.4. The maximum Gasteiger partial charge on any atom is 0.170 e. The van der Waals surface area contributed by atoms with Crippen molar-refractivity contribution in [1.82, 2.24) is 9.97 Å². The molecule has 0 bridgehead atoms. The highest BCUT2D eigenvalue weighted by Gasteiger charge is 2.09. The number of halogens is 1. The number of anilines is 2. The first-order valence-corrected chi connectivity index (χ1v) is 3.71. The van der Waals surface area contributed by atoms with Gasteiger partial charge in [-0.25, -0.2) is 15.8 Å². The Balaban J connectivity index is 3.18. The summed E-state index contributed by atoms with van der Waals surface area (Å²) < 4.78 is 0. The molecule has 0 saturated carbocycles. The van der Waals surface area contributed by atoms with Gasteiger partial charge in [-0.05, 0) is 0 Å². The zero-order chi connectivity index (χ0) is 9.14. The van der Waals surface area contributed by atoms with Crippen LogP contribution in [0.2, 0.25) is 5.15 Å². The number of nitrogens with two attached hydrogens (primary N) is 1. The van der Waals surface area contributed by atoms with Crippen molar-refractivity contribution in [1.29, 1.82) is 0 Å². The van der Waals surface area contributed by atoms with Gasteiger partial charge in [0.1, 0.15) is 12.0 Å². The lowest BCUT2D eigenvalue weighted by Gasteiger charge is -2.14. The molecule has 0 radical (unpaired) electrons. The molecule has 0 aliphatic rings. The van der Waals surface area contributed by atoms with Crippen molar-refractivity contribution < 1.29 is 0 Å². The van der Waals surface area contributed by atoms with Gasteiger partial charge in [-0.3, -0.25) is 5.01 Å². The van der Waals surface area contributed by atoms with Crippen LogP contribution in [0.4, 0.5) is 11.5 Å². The fraction of sp³-hybridized carbons (Fsp3) is 0.333. The molecule has 0 aromatic carbocycles. The molecule has 1 rings (SSSR count). The minimum atomic E-state index is 0.361. The predicted octanol–water partition coefficient (Wildman–Crippen LogP) is 0.482. The first kappa shape index (κ1) is 9.02. The lowest BCUT2D eigenvalue weighted by molar-refractivity contribution is 0.963. The Morgan fingerprint density at radius 3 is 2.67 bits per heavy atom. The van der Waals surface area contributed by atoms with E-state index in [-0.39, 0.29) is 0 Å². The highest BCUT2D eigenvalue weighted by molar-refractivity contribution is 6.32. The van der Waals surface area contributed by atoms with E-state index in [1.165, 1.54) is 11.3 Å².